The van der Waals surface area contributed by atoms with Crippen LogP contribution in [-0.2, 0) is 6.61 Å². The van der Waals surface area contributed by atoms with Crippen LogP contribution >= 0.6 is 11.3 Å². The molecule has 2 aromatic rings. The third-order valence-corrected chi connectivity index (χ3v) is 3.65. The Bertz CT molecular complexity index is 572. The van der Waals surface area contributed by atoms with E-state index in [9.17, 15) is 4.79 Å². The molecule has 0 saturated carbocycles. The number of para-hydroxylation sites is 1. The molecule has 0 atom stereocenters. The fraction of sp³-hybridized carbons (Fsp3) is 0.333. The Morgan fingerprint density at radius 2 is 2.24 bits per heavy atom. The number of carbonyl (C=O) groups excluding carboxylic acids is 1. The molecule has 0 fully saturated rings. The molecule has 1 N–H and O–H groups in total. The molecule has 0 aliphatic carbocycles. The lowest BCUT2D eigenvalue weighted by Crippen LogP contribution is -2.33. The average Bonchev–Trinajstić information content (AvgIpc) is 3.03. The number of aliphatic hydroxyl groups is 1. The molecule has 112 valence electrons. The number of rotatable bonds is 7. The summed E-state index contributed by atoms with van der Waals surface area (Å²) in [6, 6.07) is 7.14. The number of carbonyl (C=O) groups is 1. The van der Waals surface area contributed by atoms with Gasteiger partial charge in [-0.05, 0) is 19.1 Å². The first kappa shape index (κ1) is 15.5. The molecule has 0 spiro atoms. The number of hydrogen-bond acceptors (Lipinski definition) is 5. The summed E-state index contributed by atoms with van der Waals surface area (Å²) in [4.78, 5) is 18.2. The maximum absolute atomic E-state index is 12.5. The molecule has 1 amide bonds. The van der Waals surface area contributed by atoms with Gasteiger partial charge < -0.3 is 14.7 Å². The molecule has 2 rings (SSSR count). The van der Waals surface area contributed by atoms with Gasteiger partial charge in [-0.2, -0.15) is 0 Å². The van der Waals surface area contributed by atoms with E-state index in [0.29, 0.717) is 31.0 Å². The first-order valence-corrected chi connectivity index (χ1v) is 7.69. The number of ether oxygens (including phenoxy) is 1. The normalized spacial score (nSPS) is 10.4. The monoisotopic (exact) mass is 306 g/mol. The largest absolute Gasteiger partial charge is 0.486 e. The molecule has 1 aromatic carbocycles. The Labute approximate surface area is 127 Å². The van der Waals surface area contributed by atoms with Crippen molar-refractivity contribution in [1.29, 1.82) is 0 Å². The molecule has 0 radical (unpaired) electrons. The van der Waals surface area contributed by atoms with Crippen LogP contribution in [0.15, 0.2) is 35.2 Å². The highest BCUT2D eigenvalue weighted by Crippen LogP contribution is 2.21. The highest BCUT2D eigenvalue weighted by Gasteiger charge is 2.18. The predicted octanol–water partition coefficient (Wildman–Crippen LogP) is 2.18. The summed E-state index contributed by atoms with van der Waals surface area (Å²) < 4.78 is 5.71. The van der Waals surface area contributed by atoms with Crippen molar-refractivity contribution < 1.29 is 14.6 Å². The van der Waals surface area contributed by atoms with Crippen molar-refractivity contribution in [3.05, 3.63) is 46.4 Å². The van der Waals surface area contributed by atoms with E-state index in [1.54, 1.807) is 28.6 Å². The number of aliphatic hydroxyl groups excluding tert-OH is 1. The molecule has 0 bridgehead atoms. The number of nitrogens with zero attached hydrogens (tertiary/aromatic N) is 2. The summed E-state index contributed by atoms with van der Waals surface area (Å²) >= 11 is 1.51. The lowest BCUT2D eigenvalue weighted by Gasteiger charge is -2.21. The number of amides is 1. The van der Waals surface area contributed by atoms with Crippen molar-refractivity contribution in [2.24, 2.45) is 0 Å². The quantitative estimate of drug-likeness (QED) is 0.851. The molecular weight excluding hydrogens is 288 g/mol. The SMILES string of the molecule is CCN(CCO)C(=O)c1ccccc1OCc1cscn1. The van der Waals surface area contributed by atoms with Gasteiger partial charge in [0.1, 0.15) is 12.4 Å². The van der Waals surface area contributed by atoms with Crippen LogP contribution in [0.2, 0.25) is 0 Å². The minimum Gasteiger partial charge on any atom is -0.486 e. The lowest BCUT2D eigenvalue weighted by molar-refractivity contribution is 0.0727. The van der Waals surface area contributed by atoms with Crippen molar-refractivity contribution in [3.8, 4) is 5.75 Å². The molecule has 6 heteroatoms. The van der Waals surface area contributed by atoms with Gasteiger partial charge in [-0.15, -0.1) is 11.3 Å². The van der Waals surface area contributed by atoms with Crippen LogP contribution in [0.3, 0.4) is 0 Å². The number of likely N-dealkylation sites (N-methyl/N-ethyl adjacent to an activating group) is 1. The lowest BCUT2D eigenvalue weighted by atomic mass is 10.1. The maximum atomic E-state index is 12.5. The molecular formula is C15H18N2O3S. The average molecular weight is 306 g/mol. The van der Waals surface area contributed by atoms with E-state index in [2.05, 4.69) is 4.98 Å². The Morgan fingerprint density at radius 3 is 2.90 bits per heavy atom. The summed E-state index contributed by atoms with van der Waals surface area (Å²) in [5.41, 5.74) is 3.09. The van der Waals surface area contributed by atoms with E-state index in [4.69, 9.17) is 9.84 Å². The predicted molar refractivity (Wildman–Crippen MR) is 81.6 cm³/mol. The number of aromatic nitrogens is 1. The van der Waals surface area contributed by atoms with E-state index < -0.39 is 0 Å². The highest BCUT2D eigenvalue weighted by molar-refractivity contribution is 7.07. The van der Waals surface area contributed by atoms with Crippen LogP contribution in [0.4, 0.5) is 0 Å². The van der Waals surface area contributed by atoms with E-state index in [1.807, 2.05) is 18.4 Å². The summed E-state index contributed by atoms with van der Waals surface area (Å²) in [5.74, 6) is 0.396. The zero-order chi connectivity index (χ0) is 15.1. The van der Waals surface area contributed by atoms with E-state index >= 15 is 0 Å². The number of thiazole rings is 1. The van der Waals surface area contributed by atoms with Gasteiger partial charge in [-0.1, -0.05) is 12.1 Å². The highest BCUT2D eigenvalue weighted by atomic mass is 32.1. The first-order chi connectivity index (χ1) is 10.3. The Balaban J connectivity index is 2.13. The Hall–Kier alpha value is -1.92. The van der Waals surface area contributed by atoms with Crippen molar-refractivity contribution in [1.82, 2.24) is 9.88 Å². The second-order valence-electron chi connectivity index (χ2n) is 4.37. The number of hydrogen-bond donors (Lipinski definition) is 1. The van der Waals surface area contributed by atoms with Gasteiger partial charge in [0.25, 0.3) is 5.91 Å². The third-order valence-electron chi connectivity index (χ3n) is 3.02. The van der Waals surface area contributed by atoms with Gasteiger partial charge >= 0.3 is 0 Å². The topological polar surface area (TPSA) is 62.7 Å². The van der Waals surface area contributed by atoms with E-state index in [-0.39, 0.29) is 12.5 Å². The molecule has 21 heavy (non-hydrogen) atoms. The minimum atomic E-state index is -0.138. The van der Waals surface area contributed by atoms with Crippen LogP contribution in [0, 0.1) is 0 Å². The Morgan fingerprint density at radius 1 is 1.43 bits per heavy atom. The van der Waals surface area contributed by atoms with Crippen molar-refractivity contribution in [2.45, 2.75) is 13.5 Å². The standard InChI is InChI=1S/C15H18N2O3S/c1-2-17(7-8-18)15(19)13-5-3-4-6-14(13)20-9-12-10-21-11-16-12/h3-6,10-11,18H,2,7-9H2,1H3. The summed E-state index contributed by atoms with van der Waals surface area (Å²) in [6.07, 6.45) is 0. The van der Waals surface area contributed by atoms with Crippen molar-refractivity contribution >= 4 is 17.2 Å². The molecule has 0 aliphatic rings. The van der Waals surface area contributed by atoms with E-state index in [1.165, 1.54) is 11.3 Å². The van der Waals surface area contributed by atoms with Gasteiger partial charge in [-0.25, -0.2) is 4.98 Å². The third kappa shape index (κ3) is 4.03. The van der Waals surface area contributed by atoms with Crippen molar-refractivity contribution in [2.75, 3.05) is 19.7 Å². The fourth-order valence-electron chi connectivity index (χ4n) is 1.92. The second-order valence-corrected chi connectivity index (χ2v) is 5.09. The molecule has 0 aliphatic heterocycles. The van der Waals surface area contributed by atoms with Crippen LogP contribution in [-0.4, -0.2) is 40.6 Å². The molecule has 1 aromatic heterocycles. The maximum Gasteiger partial charge on any atom is 0.257 e. The zero-order valence-corrected chi connectivity index (χ0v) is 12.7. The van der Waals surface area contributed by atoms with Gasteiger partial charge in [0.05, 0.1) is 23.4 Å². The van der Waals surface area contributed by atoms with E-state index in [0.717, 1.165) is 5.69 Å². The van der Waals surface area contributed by atoms with Gasteiger partial charge in [-0.3, -0.25) is 4.79 Å². The molecule has 1 heterocycles. The first-order valence-electron chi connectivity index (χ1n) is 6.75. The van der Waals surface area contributed by atoms with Gasteiger partial charge in [0, 0.05) is 18.5 Å². The zero-order valence-electron chi connectivity index (χ0n) is 11.9. The van der Waals surface area contributed by atoms with Gasteiger partial charge in [0.2, 0.25) is 0 Å². The molecule has 0 unspecified atom stereocenters. The van der Waals surface area contributed by atoms with Gasteiger partial charge in [0.15, 0.2) is 0 Å². The van der Waals surface area contributed by atoms with Crippen LogP contribution in [0.25, 0.3) is 0 Å². The van der Waals surface area contributed by atoms with Crippen molar-refractivity contribution in [3.63, 3.8) is 0 Å². The summed E-state index contributed by atoms with van der Waals surface area (Å²) in [6.45, 7) is 3.02. The second kappa shape index (κ2) is 7.75. The smallest absolute Gasteiger partial charge is 0.257 e. The van der Waals surface area contributed by atoms with Crippen LogP contribution < -0.4 is 4.74 Å². The minimum absolute atomic E-state index is 0.0541. The molecule has 0 saturated heterocycles. The Kier molecular flexibility index (Phi) is 5.71. The van der Waals surface area contributed by atoms with Crippen LogP contribution in [0.5, 0.6) is 5.75 Å². The van der Waals surface area contributed by atoms with Crippen LogP contribution in [0.1, 0.15) is 23.0 Å². The molecule has 5 nitrogen and oxygen atoms in total. The summed E-state index contributed by atoms with van der Waals surface area (Å²) in [5, 5.41) is 10.9. The summed E-state index contributed by atoms with van der Waals surface area (Å²) in [7, 11) is 0. The number of benzene rings is 1. The fourth-order valence-corrected chi connectivity index (χ4v) is 2.47.